The maximum atomic E-state index is 13.5. The molecular weight excluding hydrogens is 339 g/mol. The first-order valence-corrected chi connectivity index (χ1v) is 7.83. The minimum atomic E-state index is -4.61. The number of pyridine rings is 1. The van der Waals surface area contributed by atoms with E-state index in [2.05, 4.69) is 15.2 Å². The van der Waals surface area contributed by atoms with Gasteiger partial charge in [0.1, 0.15) is 12.4 Å². The van der Waals surface area contributed by atoms with Crippen molar-refractivity contribution in [2.75, 3.05) is 26.0 Å². The normalized spacial score (nSPS) is 18.7. The number of nitrogens with zero attached hydrogens (tertiary/aromatic N) is 3. The van der Waals surface area contributed by atoms with Crippen LogP contribution in [0.4, 0.5) is 19.0 Å². The van der Waals surface area contributed by atoms with Gasteiger partial charge in [-0.05, 0) is 25.3 Å². The average molecular weight is 357 g/mol. The van der Waals surface area contributed by atoms with E-state index in [0.29, 0.717) is 13.0 Å². The number of piperidine rings is 1. The van der Waals surface area contributed by atoms with Crippen LogP contribution >= 0.6 is 0 Å². The Balaban J connectivity index is 2.09. The largest absolute Gasteiger partial charge is 0.417 e. The van der Waals surface area contributed by atoms with Crippen molar-refractivity contribution in [3.05, 3.63) is 17.3 Å². The number of fused-ring (bicyclic) bond motifs is 1. The number of H-pyrrole nitrogens is 1. The second-order valence-corrected chi connectivity index (χ2v) is 5.96. The van der Waals surface area contributed by atoms with Crippen LogP contribution in [0.25, 0.3) is 11.0 Å². The number of nitrogens with two attached hydrogens (primary N) is 1. The van der Waals surface area contributed by atoms with Crippen LogP contribution in [0.3, 0.4) is 0 Å². The summed E-state index contributed by atoms with van der Waals surface area (Å²) in [6, 6.07) is 0.428. The molecule has 10 heteroatoms. The van der Waals surface area contributed by atoms with E-state index in [4.69, 9.17) is 10.5 Å². The van der Waals surface area contributed by atoms with E-state index in [9.17, 15) is 18.0 Å². The van der Waals surface area contributed by atoms with E-state index in [-0.39, 0.29) is 35.1 Å². The van der Waals surface area contributed by atoms with Crippen LogP contribution in [0.2, 0.25) is 0 Å². The number of aromatic nitrogens is 3. The van der Waals surface area contributed by atoms with Crippen LogP contribution in [0, 0.1) is 0 Å². The summed E-state index contributed by atoms with van der Waals surface area (Å²) < 4.78 is 45.3. The molecule has 1 fully saturated rings. The van der Waals surface area contributed by atoms with Crippen molar-refractivity contribution in [1.29, 1.82) is 0 Å². The Bertz CT molecular complexity index is 789. The van der Waals surface area contributed by atoms with Gasteiger partial charge in [0.05, 0.1) is 22.7 Å². The summed E-state index contributed by atoms with van der Waals surface area (Å²) >= 11 is 0. The molecule has 136 valence electrons. The molecule has 1 aliphatic rings. The number of alkyl halides is 3. The number of likely N-dealkylation sites (tertiary alicyclic amines) is 1. The third-order valence-electron chi connectivity index (χ3n) is 4.31. The molecule has 1 amide bonds. The highest BCUT2D eigenvalue weighted by molar-refractivity contribution is 5.90. The van der Waals surface area contributed by atoms with Gasteiger partial charge >= 0.3 is 6.18 Å². The van der Waals surface area contributed by atoms with E-state index in [0.717, 1.165) is 18.9 Å². The lowest BCUT2D eigenvalue weighted by Gasteiger charge is -2.35. The van der Waals surface area contributed by atoms with Crippen LogP contribution in [0.1, 0.15) is 36.6 Å². The minimum absolute atomic E-state index is 0.105. The molecule has 1 aliphatic heterocycles. The number of carbonyl (C=O) groups is 1. The number of rotatable bonds is 3. The van der Waals surface area contributed by atoms with Gasteiger partial charge in [0, 0.05) is 13.7 Å². The number of aromatic amines is 1. The Morgan fingerprint density at radius 2 is 2.24 bits per heavy atom. The lowest BCUT2D eigenvalue weighted by Crippen LogP contribution is -2.40. The van der Waals surface area contributed by atoms with E-state index in [1.807, 2.05) is 0 Å². The van der Waals surface area contributed by atoms with Crippen molar-refractivity contribution in [1.82, 2.24) is 20.1 Å². The highest BCUT2D eigenvalue weighted by Crippen LogP contribution is 2.39. The summed E-state index contributed by atoms with van der Waals surface area (Å²) in [5.41, 5.74) is 4.74. The smallest absolute Gasteiger partial charge is 0.383 e. The number of ether oxygens (including phenoxy) is 1. The van der Waals surface area contributed by atoms with Crippen molar-refractivity contribution in [3.63, 3.8) is 0 Å². The van der Waals surface area contributed by atoms with Gasteiger partial charge in [0.2, 0.25) is 5.91 Å². The van der Waals surface area contributed by atoms with Gasteiger partial charge in [-0.25, -0.2) is 4.98 Å². The number of nitrogen functional groups attached to an aromatic ring is 1. The summed E-state index contributed by atoms with van der Waals surface area (Å²) in [6.07, 6.45) is -2.49. The summed E-state index contributed by atoms with van der Waals surface area (Å²) in [4.78, 5) is 18.0. The first kappa shape index (κ1) is 17.5. The molecule has 0 saturated carbocycles. The van der Waals surface area contributed by atoms with Gasteiger partial charge < -0.3 is 15.4 Å². The molecule has 0 aliphatic carbocycles. The molecule has 7 nitrogen and oxygen atoms in total. The van der Waals surface area contributed by atoms with E-state index in [1.54, 1.807) is 0 Å². The third kappa shape index (κ3) is 3.26. The number of nitrogens with one attached hydrogen (secondary N) is 1. The molecule has 3 N–H and O–H groups in total. The van der Waals surface area contributed by atoms with Crippen molar-refractivity contribution in [3.8, 4) is 0 Å². The predicted molar refractivity (Wildman–Crippen MR) is 83.5 cm³/mol. The maximum Gasteiger partial charge on any atom is 0.417 e. The van der Waals surface area contributed by atoms with E-state index < -0.39 is 17.8 Å². The fraction of sp³-hybridized carbons (Fsp3) is 0.533. The summed E-state index contributed by atoms with van der Waals surface area (Å²) in [7, 11) is 1.40. The number of anilines is 1. The number of halogens is 3. The summed E-state index contributed by atoms with van der Waals surface area (Å²) in [5.74, 6) is -0.457. The molecule has 1 saturated heterocycles. The molecule has 0 unspecified atom stereocenters. The lowest BCUT2D eigenvalue weighted by molar-refractivity contribution is -0.139. The molecule has 0 bridgehead atoms. The standard InChI is InChI=1S/C15H18F3N5O2/c1-25-7-11(24)23-5-3-2-4-10(23)9-6-8(15(16,17)18)12-13(19)21-22-14(12)20-9/h6,10H,2-5,7H2,1H3,(H3,19,20,21,22)/t10-/m0/s1. The first-order chi connectivity index (χ1) is 11.8. The molecule has 2 aromatic rings. The molecule has 0 aromatic carbocycles. The first-order valence-electron chi connectivity index (χ1n) is 7.83. The zero-order chi connectivity index (χ0) is 18.2. The predicted octanol–water partition coefficient (Wildman–Crippen LogP) is 2.26. The Labute approximate surface area is 141 Å². The number of methoxy groups -OCH3 is 1. The Kier molecular flexibility index (Phi) is 4.55. The van der Waals surface area contributed by atoms with Crippen molar-refractivity contribution < 1.29 is 22.7 Å². The second kappa shape index (κ2) is 6.51. The van der Waals surface area contributed by atoms with E-state index in [1.165, 1.54) is 12.0 Å². The van der Waals surface area contributed by atoms with Crippen LogP contribution in [-0.4, -0.2) is 46.2 Å². The average Bonchev–Trinajstić information content (AvgIpc) is 2.94. The van der Waals surface area contributed by atoms with Gasteiger partial charge in [0.15, 0.2) is 5.65 Å². The van der Waals surface area contributed by atoms with Crippen LogP contribution < -0.4 is 5.73 Å². The monoisotopic (exact) mass is 357 g/mol. The quantitative estimate of drug-likeness (QED) is 0.878. The molecule has 1 atom stereocenters. The minimum Gasteiger partial charge on any atom is -0.383 e. The van der Waals surface area contributed by atoms with E-state index >= 15 is 0 Å². The van der Waals surface area contributed by atoms with Gasteiger partial charge in [-0.1, -0.05) is 0 Å². The lowest BCUT2D eigenvalue weighted by atomic mass is 9.97. The SMILES string of the molecule is COCC(=O)N1CCCC[C@H]1c1cc(C(F)(F)F)c2c(N)[nH]nc2n1. The molecule has 25 heavy (non-hydrogen) atoms. The molecule has 0 radical (unpaired) electrons. The highest BCUT2D eigenvalue weighted by atomic mass is 19.4. The fourth-order valence-electron chi connectivity index (χ4n) is 3.20. The summed E-state index contributed by atoms with van der Waals surface area (Å²) in [5, 5.41) is 5.85. The van der Waals surface area contributed by atoms with Crippen molar-refractivity contribution in [2.45, 2.75) is 31.5 Å². The zero-order valence-electron chi connectivity index (χ0n) is 13.6. The van der Waals surface area contributed by atoms with Gasteiger partial charge in [-0.15, -0.1) is 0 Å². The summed E-state index contributed by atoms with van der Waals surface area (Å²) in [6.45, 7) is 0.330. The van der Waals surface area contributed by atoms with Crippen molar-refractivity contribution in [2.24, 2.45) is 0 Å². The Hall–Kier alpha value is -2.36. The molecule has 2 aromatic heterocycles. The molecule has 3 rings (SSSR count). The number of hydrogen-bond acceptors (Lipinski definition) is 5. The molecule has 3 heterocycles. The third-order valence-corrected chi connectivity index (χ3v) is 4.31. The van der Waals surface area contributed by atoms with Crippen LogP contribution in [0.15, 0.2) is 6.07 Å². The van der Waals surface area contributed by atoms with Gasteiger partial charge in [-0.2, -0.15) is 18.3 Å². The maximum absolute atomic E-state index is 13.5. The Morgan fingerprint density at radius 1 is 1.48 bits per heavy atom. The topological polar surface area (TPSA) is 97.1 Å². The fourth-order valence-corrected chi connectivity index (χ4v) is 3.20. The van der Waals surface area contributed by atoms with Gasteiger partial charge in [-0.3, -0.25) is 9.89 Å². The molecular formula is C15H18F3N5O2. The van der Waals surface area contributed by atoms with Crippen molar-refractivity contribution >= 4 is 22.8 Å². The highest BCUT2D eigenvalue weighted by Gasteiger charge is 2.37. The van der Waals surface area contributed by atoms with Crippen LogP contribution in [-0.2, 0) is 15.7 Å². The second-order valence-electron chi connectivity index (χ2n) is 5.96. The zero-order valence-corrected chi connectivity index (χ0v) is 13.6. The Morgan fingerprint density at radius 3 is 2.92 bits per heavy atom. The number of hydrogen-bond donors (Lipinski definition) is 2. The number of amides is 1. The number of carbonyl (C=O) groups excluding carboxylic acids is 1. The molecule has 0 spiro atoms. The van der Waals surface area contributed by atoms with Gasteiger partial charge in [0.25, 0.3) is 0 Å². The van der Waals surface area contributed by atoms with Crippen LogP contribution in [0.5, 0.6) is 0 Å².